The van der Waals surface area contributed by atoms with E-state index in [1.807, 2.05) is 0 Å². The van der Waals surface area contributed by atoms with Gasteiger partial charge in [0, 0.05) is 21.7 Å². The van der Waals surface area contributed by atoms with Crippen molar-refractivity contribution in [1.82, 2.24) is 0 Å². The van der Waals surface area contributed by atoms with Crippen molar-refractivity contribution in [3.8, 4) is 11.5 Å². The minimum absolute atomic E-state index is 0.121. The molecule has 1 aliphatic rings. The van der Waals surface area contributed by atoms with Crippen molar-refractivity contribution in [2.75, 3.05) is 0 Å². The zero-order chi connectivity index (χ0) is 19.1. The third kappa shape index (κ3) is 2.90. The molecule has 27 heavy (non-hydrogen) atoms. The fourth-order valence-electron chi connectivity index (χ4n) is 3.19. The van der Waals surface area contributed by atoms with Crippen LogP contribution >= 0.6 is 11.6 Å². The Morgan fingerprint density at radius 3 is 2.26 bits per heavy atom. The molecule has 0 spiro atoms. The average Bonchev–Trinajstić information content (AvgIpc) is 2.67. The van der Waals surface area contributed by atoms with Gasteiger partial charge in [-0.1, -0.05) is 35.9 Å². The smallest absolute Gasteiger partial charge is 0.194 e. The summed E-state index contributed by atoms with van der Waals surface area (Å²) in [7, 11) is 0. The maximum atomic E-state index is 12.8. The highest BCUT2D eigenvalue weighted by atomic mass is 35.5. The molecule has 0 saturated carbocycles. The summed E-state index contributed by atoms with van der Waals surface area (Å²) in [6.07, 6.45) is 1.42. The molecule has 5 heteroatoms. The van der Waals surface area contributed by atoms with Crippen molar-refractivity contribution in [3.05, 3.63) is 99.6 Å². The number of rotatable bonds is 2. The van der Waals surface area contributed by atoms with Crippen molar-refractivity contribution < 1.29 is 19.8 Å². The fourth-order valence-corrected chi connectivity index (χ4v) is 3.36. The second-order valence-electron chi connectivity index (χ2n) is 6.19. The Balaban J connectivity index is 1.91. The van der Waals surface area contributed by atoms with Gasteiger partial charge in [0.2, 0.25) is 0 Å². The minimum Gasteiger partial charge on any atom is -0.504 e. The number of carbonyl (C=O) groups excluding carboxylic acids is 2. The summed E-state index contributed by atoms with van der Waals surface area (Å²) < 4.78 is 0. The minimum atomic E-state index is -0.373. The van der Waals surface area contributed by atoms with Gasteiger partial charge in [-0.05, 0) is 59.2 Å². The van der Waals surface area contributed by atoms with Crippen molar-refractivity contribution >= 4 is 28.7 Å². The third-order valence-electron chi connectivity index (χ3n) is 4.51. The van der Waals surface area contributed by atoms with Gasteiger partial charge < -0.3 is 10.2 Å². The molecule has 0 heterocycles. The Labute approximate surface area is 160 Å². The summed E-state index contributed by atoms with van der Waals surface area (Å²) in [5.41, 5.74) is 3.03. The Morgan fingerprint density at radius 2 is 1.52 bits per heavy atom. The SMILES string of the molecule is O=C(C=C1c2ccccc2C(=O)c2ccc(Cl)cc21)c1ccc(O)c(O)c1. The Morgan fingerprint density at radius 1 is 0.815 bits per heavy atom. The van der Waals surface area contributed by atoms with E-state index < -0.39 is 0 Å². The van der Waals surface area contributed by atoms with Crippen LogP contribution in [0.4, 0.5) is 0 Å². The van der Waals surface area contributed by atoms with Gasteiger partial charge in [0.25, 0.3) is 0 Å². The van der Waals surface area contributed by atoms with Gasteiger partial charge in [-0.2, -0.15) is 0 Å². The zero-order valence-electron chi connectivity index (χ0n) is 13.9. The molecule has 0 radical (unpaired) electrons. The number of fused-ring (bicyclic) bond motifs is 2. The van der Waals surface area contributed by atoms with Crippen LogP contribution in [-0.4, -0.2) is 21.8 Å². The molecule has 2 N–H and O–H groups in total. The van der Waals surface area contributed by atoms with Crippen LogP contribution in [0.2, 0.25) is 5.02 Å². The van der Waals surface area contributed by atoms with E-state index >= 15 is 0 Å². The van der Waals surface area contributed by atoms with Gasteiger partial charge in [0.1, 0.15) is 0 Å². The van der Waals surface area contributed by atoms with Crippen LogP contribution in [0, 0.1) is 0 Å². The maximum Gasteiger partial charge on any atom is 0.194 e. The molecular formula is C22H13ClO4. The highest BCUT2D eigenvalue weighted by Crippen LogP contribution is 2.37. The summed E-state index contributed by atoms with van der Waals surface area (Å²) in [5, 5.41) is 19.6. The normalized spacial score (nSPS) is 14.0. The van der Waals surface area contributed by atoms with Crippen molar-refractivity contribution in [2.24, 2.45) is 0 Å². The third-order valence-corrected chi connectivity index (χ3v) is 4.75. The van der Waals surface area contributed by atoms with Crippen molar-refractivity contribution in [3.63, 3.8) is 0 Å². The van der Waals surface area contributed by atoms with Crippen LogP contribution in [-0.2, 0) is 0 Å². The standard InChI is InChI=1S/C22H13ClO4/c23-13-6-7-16-17(10-13)18(14-3-1-2-4-15(14)22(16)27)11-20(25)12-5-8-19(24)21(26)9-12/h1-11,24,26H. The highest BCUT2D eigenvalue weighted by Gasteiger charge is 2.27. The van der Waals surface area contributed by atoms with E-state index in [4.69, 9.17) is 11.6 Å². The fraction of sp³-hybridized carbons (Fsp3) is 0. The van der Waals surface area contributed by atoms with Crippen LogP contribution in [0.3, 0.4) is 0 Å². The first-order chi connectivity index (χ1) is 13.0. The molecule has 0 aliphatic heterocycles. The first kappa shape index (κ1) is 17.1. The first-order valence-electron chi connectivity index (χ1n) is 8.18. The predicted octanol–water partition coefficient (Wildman–Crippen LogP) is 4.61. The molecule has 1 aliphatic carbocycles. The summed E-state index contributed by atoms with van der Waals surface area (Å²) in [6, 6.07) is 15.9. The van der Waals surface area contributed by atoms with Crippen molar-refractivity contribution in [1.29, 1.82) is 0 Å². The topological polar surface area (TPSA) is 74.6 Å². The van der Waals surface area contributed by atoms with Crippen LogP contribution in [0.5, 0.6) is 11.5 Å². The molecule has 132 valence electrons. The van der Waals surface area contributed by atoms with E-state index in [0.717, 1.165) is 0 Å². The quantitative estimate of drug-likeness (QED) is 0.304. The van der Waals surface area contributed by atoms with Gasteiger partial charge in [0.05, 0.1) is 0 Å². The van der Waals surface area contributed by atoms with E-state index in [1.54, 1.807) is 42.5 Å². The molecule has 4 nitrogen and oxygen atoms in total. The number of carbonyl (C=O) groups is 2. The molecule has 0 saturated heterocycles. The number of hydrogen-bond acceptors (Lipinski definition) is 4. The van der Waals surface area contributed by atoms with Crippen LogP contribution < -0.4 is 0 Å². The molecule has 0 amide bonds. The largest absolute Gasteiger partial charge is 0.504 e. The van der Waals surface area contributed by atoms with Gasteiger partial charge >= 0.3 is 0 Å². The van der Waals surface area contributed by atoms with E-state index in [9.17, 15) is 19.8 Å². The van der Waals surface area contributed by atoms with E-state index in [-0.39, 0.29) is 28.6 Å². The van der Waals surface area contributed by atoms with Crippen LogP contribution in [0.25, 0.3) is 5.57 Å². The molecule has 0 unspecified atom stereocenters. The monoisotopic (exact) mass is 376 g/mol. The number of benzene rings is 3. The summed E-state index contributed by atoms with van der Waals surface area (Å²) in [6.45, 7) is 0. The lowest BCUT2D eigenvalue weighted by molar-refractivity contribution is 0.103. The number of allylic oxidation sites excluding steroid dienone is 1. The van der Waals surface area contributed by atoms with Gasteiger partial charge in [-0.15, -0.1) is 0 Å². The van der Waals surface area contributed by atoms with E-state index in [0.29, 0.717) is 32.8 Å². The molecule has 4 rings (SSSR count). The lowest BCUT2D eigenvalue weighted by Crippen LogP contribution is -2.15. The van der Waals surface area contributed by atoms with Crippen LogP contribution in [0.15, 0.2) is 66.7 Å². The average molecular weight is 377 g/mol. The lowest BCUT2D eigenvalue weighted by atomic mass is 9.80. The second-order valence-corrected chi connectivity index (χ2v) is 6.63. The number of hydrogen-bond donors (Lipinski definition) is 2. The van der Waals surface area contributed by atoms with E-state index in [1.165, 1.54) is 24.3 Å². The lowest BCUT2D eigenvalue weighted by Gasteiger charge is -2.21. The molecule has 0 fully saturated rings. The van der Waals surface area contributed by atoms with Gasteiger partial charge in [-0.3, -0.25) is 9.59 Å². The number of ketones is 2. The molecule has 3 aromatic carbocycles. The van der Waals surface area contributed by atoms with E-state index in [2.05, 4.69) is 0 Å². The summed E-state index contributed by atoms with van der Waals surface area (Å²) >= 11 is 6.12. The summed E-state index contributed by atoms with van der Waals surface area (Å²) in [5.74, 6) is -1.16. The molecular weight excluding hydrogens is 364 g/mol. The highest BCUT2D eigenvalue weighted by molar-refractivity contribution is 6.31. The molecule has 0 aromatic heterocycles. The second kappa shape index (κ2) is 6.41. The summed E-state index contributed by atoms with van der Waals surface area (Å²) in [4.78, 5) is 25.6. The number of aromatic hydroxyl groups is 2. The molecule has 3 aromatic rings. The zero-order valence-corrected chi connectivity index (χ0v) is 14.7. The molecule has 0 bridgehead atoms. The number of phenolic OH excluding ortho intramolecular Hbond substituents is 2. The van der Waals surface area contributed by atoms with Gasteiger partial charge in [-0.25, -0.2) is 0 Å². The van der Waals surface area contributed by atoms with Crippen LogP contribution in [0.1, 0.15) is 37.4 Å². The number of phenols is 2. The van der Waals surface area contributed by atoms with Crippen molar-refractivity contribution in [2.45, 2.75) is 0 Å². The Bertz CT molecular complexity index is 1140. The predicted molar refractivity (Wildman–Crippen MR) is 103 cm³/mol. The number of halogens is 1. The first-order valence-corrected chi connectivity index (χ1v) is 8.55. The Kier molecular flexibility index (Phi) is 4.05. The maximum absolute atomic E-state index is 12.8. The Hall–Kier alpha value is -3.37. The van der Waals surface area contributed by atoms with Gasteiger partial charge in [0.15, 0.2) is 23.1 Å². The molecule has 0 atom stereocenters.